The van der Waals surface area contributed by atoms with E-state index in [0.29, 0.717) is 28.4 Å². The number of hydrogen-bond donors (Lipinski definition) is 1. The van der Waals surface area contributed by atoms with Crippen LogP contribution in [0.3, 0.4) is 0 Å². The highest BCUT2D eigenvalue weighted by atomic mass is 32.2. The van der Waals surface area contributed by atoms with Gasteiger partial charge in [-0.05, 0) is 58.7 Å². The summed E-state index contributed by atoms with van der Waals surface area (Å²) in [6.07, 6.45) is -1.36. The topological polar surface area (TPSA) is 120 Å². The molecule has 0 spiro atoms. The second-order valence-corrected chi connectivity index (χ2v) is 15.1. The van der Waals surface area contributed by atoms with Crippen molar-refractivity contribution in [3.05, 3.63) is 215 Å². The molecule has 1 unspecified atom stereocenters. The van der Waals surface area contributed by atoms with Crippen molar-refractivity contribution in [2.75, 3.05) is 19.0 Å². The van der Waals surface area contributed by atoms with E-state index in [1.54, 1.807) is 48.5 Å². The van der Waals surface area contributed by atoms with E-state index in [0.717, 1.165) is 22.3 Å². The number of amides is 2. The van der Waals surface area contributed by atoms with Crippen LogP contribution in [0.25, 0.3) is 0 Å². The molecular formula is C49H40N2O8S. The van der Waals surface area contributed by atoms with Gasteiger partial charge < -0.3 is 24.3 Å². The van der Waals surface area contributed by atoms with Gasteiger partial charge in [0.05, 0.1) is 5.56 Å². The Morgan fingerprint density at radius 2 is 1.03 bits per heavy atom. The van der Waals surface area contributed by atoms with Gasteiger partial charge in [-0.2, -0.15) is 0 Å². The fourth-order valence-electron chi connectivity index (χ4n) is 7.03. The maximum Gasteiger partial charge on any atom is 0.356 e. The van der Waals surface area contributed by atoms with Crippen molar-refractivity contribution in [1.82, 2.24) is 10.2 Å². The van der Waals surface area contributed by atoms with E-state index in [2.05, 4.69) is 5.32 Å². The lowest BCUT2D eigenvalue weighted by molar-refractivity contribution is -0.155. The standard InChI is InChI=1S/C49H40N2O8S/c52-41(31-57-39-24-14-5-15-25-39)50-42-46(53)51-43(49(55)59-45(35-20-10-3-11-21-35)36-22-12-4-13-23-36)38(32-60-47(42)51)30-56-40-28-26-37(27-29-40)48(54)58-44(33-16-6-1-7-17-33)34-18-8-2-9-19-34/h1-29,42,44-45,47H,30-32H2,(H,50,52)/t42?,47-/m0/s1. The zero-order chi connectivity index (χ0) is 41.3. The number of nitrogens with zero attached hydrogens (tertiary/aromatic N) is 1. The van der Waals surface area contributed by atoms with Crippen molar-refractivity contribution in [2.45, 2.75) is 23.6 Å². The lowest BCUT2D eigenvalue weighted by Crippen LogP contribution is -2.71. The predicted octanol–water partition coefficient (Wildman–Crippen LogP) is 8.08. The molecule has 11 heteroatoms. The molecule has 0 aliphatic carbocycles. The highest BCUT2D eigenvalue weighted by molar-refractivity contribution is 8.00. The number of benzene rings is 6. The number of carbonyl (C=O) groups is 4. The maximum absolute atomic E-state index is 14.4. The Labute approximate surface area is 351 Å². The van der Waals surface area contributed by atoms with Gasteiger partial charge in [0.25, 0.3) is 11.8 Å². The molecule has 2 aliphatic rings. The molecule has 60 heavy (non-hydrogen) atoms. The largest absolute Gasteiger partial charge is 0.489 e. The molecule has 6 aromatic carbocycles. The quantitative estimate of drug-likeness (QED) is 0.0811. The molecule has 8 rings (SSSR count). The number of ether oxygens (including phenoxy) is 4. The minimum Gasteiger partial charge on any atom is -0.489 e. The third kappa shape index (κ3) is 9.11. The van der Waals surface area contributed by atoms with Crippen LogP contribution in [0.2, 0.25) is 0 Å². The number of nitrogens with one attached hydrogen (secondary N) is 1. The Kier molecular flexibility index (Phi) is 12.3. The third-order valence-corrected chi connectivity index (χ3v) is 11.4. The first-order valence-corrected chi connectivity index (χ1v) is 20.5. The first-order valence-electron chi connectivity index (χ1n) is 19.4. The molecule has 300 valence electrons. The van der Waals surface area contributed by atoms with Gasteiger partial charge in [-0.3, -0.25) is 14.5 Å². The fraction of sp³-hybridized carbons (Fsp3) is 0.143. The van der Waals surface area contributed by atoms with Crippen LogP contribution in [0.5, 0.6) is 11.5 Å². The number of fused-ring (bicyclic) bond motifs is 1. The van der Waals surface area contributed by atoms with E-state index in [9.17, 15) is 19.2 Å². The van der Waals surface area contributed by atoms with E-state index in [-0.39, 0.29) is 18.9 Å². The van der Waals surface area contributed by atoms with E-state index in [1.807, 2.05) is 127 Å². The van der Waals surface area contributed by atoms with E-state index < -0.39 is 47.4 Å². The number of rotatable bonds is 15. The first kappa shape index (κ1) is 39.7. The molecule has 0 aromatic heterocycles. The van der Waals surface area contributed by atoms with Gasteiger partial charge in [0.1, 0.15) is 35.2 Å². The second kappa shape index (κ2) is 18.6. The van der Waals surface area contributed by atoms with Crippen molar-refractivity contribution < 1.29 is 38.1 Å². The molecule has 2 amide bonds. The average molecular weight is 817 g/mol. The van der Waals surface area contributed by atoms with Crippen molar-refractivity contribution in [3.63, 3.8) is 0 Å². The van der Waals surface area contributed by atoms with Crippen LogP contribution in [0.15, 0.2) is 187 Å². The average Bonchev–Trinajstić information content (AvgIpc) is 3.31. The van der Waals surface area contributed by atoms with Gasteiger partial charge in [-0.15, -0.1) is 11.8 Å². The van der Waals surface area contributed by atoms with E-state index in [1.165, 1.54) is 16.7 Å². The van der Waals surface area contributed by atoms with Gasteiger partial charge in [0.15, 0.2) is 18.8 Å². The lowest BCUT2D eigenvalue weighted by atomic mass is 10.0. The molecule has 2 aliphatic heterocycles. The SMILES string of the molecule is O=C(COc1ccccc1)NC1C(=O)N2C(C(=O)OC(c3ccccc3)c3ccccc3)=C(COc3ccc(C(=O)OC(c4ccccc4)c4ccccc4)cc3)CS[C@@H]12. The summed E-state index contributed by atoms with van der Waals surface area (Å²) in [5.74, 6) is -0.836. The van der Waals surface area contributed by atoms with Crippen molar-refractivity contribution in [2.24, 2.45) is 0 Å². The third-order valence-electron chi connectivity index (χ3n) is 10.0. The molecule has 2 heterocycles. The Hall–Kier alpha value is -7.11. The molecule has 0 radical (unpaired) electrons. The smallest absolute Gasteiger partial charge is 0.356 e. The Morgan fingerprint density at radius 1 is 0.583 bits per heavy atom. The highest BCUT2D eigenvalue weighted by Crippen LogP contribution is 2.42. The predicted molar refractivity (Wildman–Crippen MR) is 227 cm³/mol. The monoisotopic (exact) mass is 816 g/mol. The summed E-state index contributed by atoms with van der Waals surface area (Å²) in [6, 6.07) is 52.5. The zero-order valence-corrected chi connectivity index (χ0v) is 33.1. The molecule has 10 nitrogen and oxygen atoms in total. The highest BCUT2D eigenvalue weighted by Gasteiger charge is 2.54. The molecule has 1 N–H and O–H groups in total. The normalized spacial score (nSPS) is 15.8. The number of carbonyl (C=O) groups excluding carboxylic acids is 4. The van der Waals surface area contributed by atoms with Gasteiger partial charge in [-0.1, -0.05) is 140 Å². The van der Waals surface area contributed by atoms with Gasteiger partial charge in [0.2, 0.25) is 0 Å². The molecule has 6 aromatic rings. The second-order valence-electron chi connectivity index (χ2n) is 14.0. The van der Waals surface area contributed by atoms with Crippen LogP contribution in [0.4, 0.5) is 0 Å². The Bertz CT molecular complexity index is 2370. The summed E-state index contributed by atoms with van der Waals surface area (Å²) in [4.78, 5) is 56.0. The van der Waals surface area contributed by atoms with E-state index in [4.69, 9.17) is 18.9 Å². The Balaban J connectivity index is 1.00. The lowest BCUT2D eigenvalue weighted by Gasteiger charge is -2.49. The fourth-order valence-corrected chi connectivity index (χ4v) is 8.35. The first-order chi connectivity index (χ1) is 29.4. The van der Waals surface area contributed by atoms with Crippen LogP contribution < -0.4 is 14.8 Å². The van der Waals surface area contributed by atoms with Crippen LogP contribution in [0, 0.1) is 0 Å². The summed E-state index contributed by atoms with van der Waals surface area (Å²) in [5, 5.41) is 2.23. The number of hydrogen-bond acceptors (Lipinski definition) is 9. The van der Waals surface area contributed by atoms with Crippen LogP contribution in [0.1, 0.15) is 44.8 Å². The zero-order valence-electron chi connectivity index (χ0n) is 32.3. The molecule has 1 saturated heterocycles. The number of para-hydroxylation sites is 1. The molecular weight excluding hydrogens is 777 g/mol. The number of esters is 2. The molecule has 0 bridgehead atoms. The minimum atomic E-state index is -0.873. The van der Waals surface area contributed by atoms with E-state index >= 15 is 0 Å². The maximum atomic E-state index is 14.4. The van der Waals surface area contributed by atoms with Crippen LogP contribution in [-0.4, -0.2) is 59.0 Å². The van der Waals surface area contributed by atoms with Crippen molar-refractivity contribution in [1.29, 1.82) is 0 Å². The van der Waals surface area contributed by atoms with Crippen molar-refractivity contribution in [3.8, 4) is 11.5 Å². The molecule has 0 saturated carbocycles. The minimum absolute atomic E-state index is 0.0505. The number of β-lactam (4-membered cyclic amide) rings is 1. The Morgan fingerprint density at radius 3 is 1.53 bits per heavy atom. The number of thioether (sulfide) groups is 1. The summed E-state index contributed by atoms with van der Waals surface area (Å²) in [5.41, 5.74) is 4.14. The summed E-state index contributed by atoms with van der Waals surface area (Å²) < 4.78 is 24.1. The van der Waals surface area contributed by atoms with Gasteiger partial charge in [-0.25, -0.2) is 9.59 Å². The van der Waals surface area contributed by atoms with Gasteiger partial charge in [0, 0.05) is 11.3 Å². The van der Waals surface area contributed by atoms with Gasteiger partial charge >= 0.3 is 11.9 Å². The molecule has 2 atom stereocenters. The van der Waals surface area contributed by atoms with Crippen molar-refractivity contribution >= 4 is 35.5 Å². The summed E-state index contributed by atoms with van der Waals surface area (Å²) in [7, 11) is 0. The van der Waals surface area contributed by atoms with Crippen LogP contribution in [-0.2, 0) is 23.9 Å². The summed E-state index contributed by atoms with van der Waals surface area (Å²) >= 11 is 1.41. The summed E-state index contributed by atoms with van der Waals surface area (Å²) in [6.45, 7) is -0.326. The molecule has 1 fully saturated rings. The van der Waals surface area contributed by atoms with Crippen LogP contribution >= 0.6 is 11.8 Å².